The van der Waals surface area contributed by atoms with Gasteiger partial charge in [0.25, 0.3) is 5.56 Å². The summed E-state index contributed by atoms with van der Waals surface area (Å²) >= 11 is 8.28. The van der Waals surface area contributed by atoms with E-state index in [-0.39, 0.29) is 4.96 Å². The third-order valence-electron chi connectivity index (χ3n) is 2.52. The Hall–Kier alpha value is -0.660. The fraction of sp³-hybridized carbons (Fsp3) is 0.545. The van der Waals surface area contributed by atoms with Crippen molar-refractivity contribution in [2.45, 2.75) is 36.9 Å². The average Bonchev–Trinajstić information content (AvgIpc) is 2.79. The topological polar surface area (TPSA) is 47.3 Å². The van der Waals surface area contributed by atoms with E-state index in [4.69, 9.17) is 11.6 Å². The van der Waals surface area contributed by atoms with E-state index < -0.39 is 16.5 Å². The van der Waals surface area contributed by atoms with Crippen LogP contribution in [0.5, 0.6) is 0 Å². The molecule has 0 aliphatic carbocycles. The van der Waals surface area contributed by atoms with Crippen LogP contribution in [0.25, 0.3) is 4.96 Å². The molecule has 0 amide bonds. The molecule has 2 aromatic rings. The molecule has 0 bridgehead atoms. The SMILES string of the molecule is CCCCCCSc1nn2c(=O)c(Cl)c(F)nc2s1. The van der Waals surface area contributed by atoms with Gasteiger partial charge >= 0.3 is 0 Å². The van der Waals surface area contributed by atoms with Gasteiger partial charge in [-0.15, -0.1) is 5.10 Å². The predicted octanol–water partition coefficient (Wildman–Crippen LogP) is 3.62. The van der Waals surface area contributed by atoms with Crippen molar-refractivity contribution in [3.8, 4) is 0 Å². The number of rotatable bonds is 6. The van der Waals surface area contributed by atoms with Crippen LogP contribution in [0.15, 0.2) is 9.13 Å². The van der Waals surface area contributed by atoms with Crippen LogP contribution in [0.2, 0.25) is 5.02 Å². The zero-order valence-corrected chi connectivity index (χ0v) is 12.7. The van der Waals surface area contributed by atoms with E-state index in [1.165, 1.54) is 30.6 Å². The molecule has 8 heteroatoms. The standard InChI is InChI=1S/C11H13ClFN3OS2/c1-2-3-4-5-6-18-11-15-16-9(17)7(12)8(13)14-10(16)19-11/h2-6H2,1H3. The first-order valence-corrected chi connectivity index (χ1v) is 8.19. The zero-order chi connectivity index (χ0) is 13.8. The molecular formula is C11H13ClFN3OS2. The number of fused-ring (bicyclic) bond motifs is 1. The minimum absolute atomic E-state index is 0.239. The van der Waals surface area contributed by atoms with Gasteiger partial charge in [-0.2, -0.15) is 13.9 Å². The fourth-order valence-corrected chi connectivity index (χ4v) is 3.64. The van der Waals surface area contributed by atoms with Crippen molar-refractivity contribution >= 4 is 39.7 Å². The summed E-state index contributed by atoms with van der Waals surface area (Å²) in [6.07, 6.45) is 4.71. The number of unbranched alkanes of at least 4 members (excludes halogenated alkanes) is 3. The predicted molar refractivity (Wildman–Crippen MR) is 77.0 cm³/mol. The minimum Gasteiger partial charge on any atom is -0.265 e. The van der Waals surface area contributed by atoms with Crippen molar-refractivity contribution in [1.82, 2.24) is 14.6 Å². The summed E-state index contributed by atoms with van der Waals surface area (Å²) in [6, 6.07) is 0. The van der Waals surface area contributed by atoms with Crippen LogP contribution in [0.3, 0.4) is 0 Å². The summed E-state index contributed by atoms with van der Waals surface area (Å²) in [6.45, 7) is 2.16. The molecule has 2 heterocycles. The van der Waals surface area contributed by atoms with Crippen LogP contribution in [0, 0.1) is 5.95 Å². The van der Waals surface area contributed by atoms with Crippen molar-refractivity contribution in [2.24, 2.45) is 0 Å². The molecule has 0 saturated carbocycles. The molecule has 0 spiro atoms. The molecule has 0 unspecified atom stereocenters. The Balaban J connectivity index is 2.10. The molecule has 104 valence electrons. The minimum atomic E-state index is -0.935. The van der Waals surface area contributed by atoms with Crippen LogP contribution >= 0.6 is 34.7 Å². The number of hydrogen-bond donors (Lipinski definition) is 0. The number of halogens is 2. The lowest BCUT2D eigenvalue weighted by atomic mass is 10.2. The van der Waals surface area contributed by atoms with Gasteiger partial charge in [0.2, 0.25) is 10.9 Å². The molecule has 0 aliphatic heterocycles. The highest BCUT2D eigenvalue weighted by atomic mass is 35.5. The van der Waals surface area contributed by atoms with E-state index >= 15 is 0 Å². The van der Waals surface area contributed by atoms with Gasteiger partial charge in [-0.1, -0.05) is 60.9 Å². The van der Waals surface area contributed by atoms with Crippen LogP contribution in [0.1, 0.15) is 32.6 Å². The largest absolute Gasteiger partial charge is 0.297 e. The Bertz CT molecular complexity index is 628. The Kier molecular flexibility index (Phi) is 5.18. The van der Waals surface area contributed by atoms with Gasteiger partial charge in [0.1, 0.15) is 0 Å². The highest BCUT2D eigenvalue weighted by Crippen LogP contribution is 2.25. The van der Waals surface area contributed by atoms with Crippen molar-refractivity contribution in [2.75, 3.05) is 5.75 Å². The van der Waals surface area contributed by atoms with Gasteiger partial charge in [0.05, 0.1) is 0 Å². The summed E-state index contributed by atoms with van der Waals surface area (Å²) < 4.78 is 15.0. The maximum absolute atomic E-state index is 13.2. The third kappa shape index (κ3) is 3.46. The highest BCUT2D eigenvalue weighted by molar-refractivity contribution is 8.01. The Labute approximate surface area is 123 Å². The van der Waals surface area contributed by atoms with E-state index in [2.05, 4.69) is 17.0 Å². The monoisotopic (exact) mass is 321 g/mol. The number of thioether (sulfide) groups is 1. The molecule has 0 aliphatic rings. The molecule has 0 fully saturated rings. The molecular weight excluding hydrogens is 309 g/mol. The van der Waals surface area contributed by atoms with Gasteiger partial charge in [0, 0.05) is 5.75 Å². The van der Waals surface area contributed by atoms with Gasteiger partial charge < -0.3 is 0 Å². The summed E-state index contributed by atoms with van der Waals surface area (Å²) in [5.41, 5.74) is -0.654. The van der Waals surface area contributed by atoms with Gasteiger partial charge in [-0.05, 0) is 6.42 Å². The first kappa shape index (κ1) is 14.7. The quantitative estimate of drug-likeness (QED) is 0.463. The van der Waals surface area contributed by atoms with Crippen molar-refractivity contribution in [3.05, 3.63) is 21.3 Å². The molecule has 0 saturated heterocycles. The second-order valence-electron chi connectivity index (χ2n) is 3.99. The highest BCUT2D eigenvalue weighted by Gasteiger charge is 2.14. The maximum Gasteiger partial charge on any atom is 0.297 e. The van der Waals surface area contributed by atoms with Gasteiger partial charge in [-0.25, -0.2) is 0 Å². The number of aromatic nitrogens is 3. The third-order valence-corrected chi connectivity index (χ3v) is 4.97. The molecule has 0 radical (unpaired) electrons. The van der Waals surface area contributed by atoms with Gasteiger partial charge in [0.15, 0.2) is 9.36 Å². The Morgan fingerprint density at radius 3 is 2.95 bits per heavy atom. The lowest BCUT2D eigenvalue weighted by molar-refractivity contribution is 0.579. The normalized spacial score (nSPS) is 11.3. The van der Waals surface area contributed by atoms with E-state index in [0.717, 1.165) is 16.7 Å². The lowest BCUT2D eigenvalue weighted by Crippen LogP contribution is -2.17. The molecule has 19 heavy (non-hydrogen) atoms. The van der Waals surface area contributed by atoms with Crippen LogP contribution in [0.4, 0.5) is 4.39 Å². The smallest absolute Gasteiger partial charge is 0.265 e. The second kappa shape index (κ2) is 6.67. The summed E-state index contributed by atoms with van der Waals surface area (Å²) in [5, 5.41) is 3.59. The van der Waals surface area contributed by atoms with Crippen LogP contribution in [-0.4, -0.2) is 20.4 Å². The van der Waals surface area contributed by atoms with E-state index in [1.807, 2.05) is 0 Å². The summed E-state index contributed by atoms with van der Waals surface area (Å²) in [4.78, 5) is 15.5. The molecule has 0 aromatic carbocycles. The lowest BCUT2D eigenvalue weighted by Gasteiger charge is -1.96. The van der Waals surface area contributed by atoms with E-state index in [0.29, 0.717) is 4.34 Å². The molecule has 0 atom stereocenters. The second-order valence-corrected chi connectivity index (χ2v) is 6.67. The average molecular weight is 322 g/mol. The van der Waals surface area contributed by atoms with Gasteiger partial charge in [-0.3, -0.25) is 4.79 Å². The molecule has 2 rings (SSSR count). The molecule has 2 aromatic heterocycles. The van der Waals surface area contributed by atoms with Crippen LogP contribution in [-0.2, 0) is 0 Å². The summed E-state index contributed by atoms with van der Waals surface area (Å²) in [7, 11) is 0. The Morgan fingerprint density at radius 2 is 2.21 bits per heavy atom. The number of hydrogen-bond acceptors (Lipinski definition) is 5. The maximum atomic E-state index is 13.2. The van der Waals surface area contributed by atoms with E-state index in [1.54, 1.807) is 11.8 Å². The van der Waals surface area contributed by atoms with Crippen molar-refractivity contribution in [3.63, 3.8) is 0 Å². The first-order valence-electron chi connectivity index (χ1n) is 6.01. The van der Waals surface area contributed by atoms with Crippen molar-refractivity contribution < 1.29 is 4.39 Å². The van der Waals surface area contributed by atoms with E-state index in [9.17, 15) is 9.18 Å². The summed E-state index contributed by atoms with van der Waals surface area (Å²) in [5.74, 6) is -0.0000546. The number of nitrogens with zero attached hydrogens (tertiary/aromatic N) is 3. The first-order chi connectivity index (χ1) is 9.13. The molecule has 0 N–H and O–H groups in total. The fourth-order valence-electron chi connectivity index (χ4n) is 1.53. The molecule has 4 nitrogen and oxygen atoms in total. The Morgan fingerprint density at radius 1 is 1.42 bits per heavy atom. The van der Waals surface area contributed by atoms with Crippen molar-refractivity contribution in [1.29, 1.82) is 0 Å². The van der Waals surface area contributed by atoms with Crippen LogP contribution < -0.4 is 5.56 Å². The zero-order valence-electron chi connectivity index (χ0n) is 10.4.